The van der Waals surface area contributed by atoms with Crippen LogP contribution in [0.15, 0.2) is 0 Å². The summed E-state index contributed by atoms with van der Waals surface area (Å²) in [5, 5.41) is 0. The molecule has 2 unspecified atom stereocenters. The van der Waals surface area contributed by atoms with Gasteiger partial charge in [0.15, 0.2) is 0 Å². The lowest BCUT2D eigenvalue weighted by Crippen LogP contribution is -2.31. The third-order valence-electron chi connectivity index (χ3n) is 2.33. The first-order valence-electron chi connectivity index (χ1n) is 4.92. The summed E-state index contributed by atoms with van der Waals surface area (Å²) in [7, 11) is 0. The minimum absolute atomic E-state index is 0.0113. The maximum absolute atomic E-state index is 5.86. The van der Waals surface area contributed by atoms with Gasteiger partial charge >= 0.3 is 0 Å². The van der Waals surface area contributed by atoms with Crippen LogP contribution in [0.3, 0.4) is 0 Å². The molecule has 0 aromatic heterocycles. The summed E-state index contributed by atoms with van der Waals surface area (Å²) in [5.41, 5.74) is -0.0113. The Kier molecular flexibility index (Phi) is 4.25. The lowest BCUT2D eigenvalue weighted by Gasteiger charge is -2.30. The summed E-state index contributed by atoms with van der Waals surface area (Å²) in [6.07, 6.45) is 0.352. The number of ether oxygens (including phenoxy) is 1. The van der Waals surface area contributed by atoms with Crippen LogP contribution in [0.25, 0.3) is 0 Å². The number of hydrogen-bond donors (Lipinski definition) is 0. The van der Waals surface area contributed by atoms with E-state index in [9.17, 15) is 0 Å². The molecular formula is C11H24O. The molecule has 0 N–H and O–H groups in total. The molecule has 0 saturated carbocycles. The molecule has 0 amide bonds. The Morgan fingerprint density at radius 2 is 1.33 bits per heavy atom. The van der Waals surface area contributed by atoms with Crippen molar-refractivity contribution in [2.45, 2.75) is 60.2 Å². The van der Waals surface area contributed by atoms with E-state index >= 15 is 0 Å². The highest BCUT2D eigenvalue weighted by molar-refractivity contribution is 4.69. The van der Waals surface area contributed by atoms with Gasteiger partial charge in [-0.2, -0.15) is 0 Å². The van der Waals surface area contributed by atoms with Crippen molar-refractivity contribution in [2.24, 2.45) is 11.8 Å². The van der Waals surface area contributed by atoms with Crippen molar-refractivity contribution in [2.75, 3.05) is 0 Å². The zero-order valence-electron chi connectivity index (χ0n) is 9.64. The van der Waals surface area contributed by atoms with Crippen molar-refractivity contribution in [3.8, 4) is 0 Å². The smallest absolute Gasteiger partial charge is 0.0602 e. The molecule has 0 aromatic rings. The van der Waals surface area contributed by atoms with Gasteiger partial charge < -0.3 is 4.74 Å². The van der Waals surface area contributed by atoms with E-state index in [-0.39, 0.29) is 5.60 Å². The van der Waals surface area contributed by atoms with Gasteiger partial charge in [-0.05, 0) is 39.5 Å². The molecule has 0 fully saturated rings. The molecule has 0 radical (unpaired) electrons. The highest BCUT2D eigenvalue weighted by Gasteiger charge is 2.21. The monoisotopic (exact) mass is 172 g/mol. The molecule has 2 atom stereocenters. The summed E-state index contributed by atoms with van der Waals surface area (Å²) < 4.78 is 5.86. The molecule has 0 aliphatic carbocycles. The Bertz CT molecular complexity index is 121. The molecule has 0 spiro atoms. The van der Waals surface area contributed by atoms with Crippen LogP contribution in [0.1, 0.15) is 48.5 Å². The van der Waals surface area contributed by atoms with Crippen LogP contribution in [0.5, 0.6) is 0 Å². The first-order valence-corrected chi connectivity index (χ1v) is 4.92. The summed E-state index contributed by atoms with van der Waals surface area (Å²) in [6, 6.07) is 0. The number of hydrogen-bond acceptors (Lipinski definition) is 1. The third kappa shape index (κ3) is 4.76. The lowest BCUT2D eigenvalue weighted by atomic mass is 9.93. The highest BCUT2D eigenvalue weighted by Crippen LogP contribution is 2.21. The van der Waals surface area contributed by atoms with E-state index < -0.39 is 0 Å². The normalized spacial score (nSPS) is 18.0. The van der Waals surface area contributed by atoms with Crippen LogP contribution >= 0.6 is 0 Å². The maximum Gasteiger partial charge on any atom is 0.0602 e. The molecule has 0 saturated heterocycles. The molecule has 0 rings (SSSR count). The first kappa shape index (κ1) is 12.0. The Balaban J connectivity index is 3.95. The standard InChI is InChI=1S/C11H24O/c1-8(2)9(3)10(4)12-11(5,6)7/h8-10H,1-7H3. The largest absolute Gasteiger partial charge is 0.373 e. The molecule has 74 valence electrons. The van der Waals surface area contributed by atoms with E-state index in [4.69, 9.17) is 4.74 Å². The molecule has 1 heteroatoms. The van der Waals surface area contributed by atoms with Gasteiger partial charge in [-0.15, -0.1) is 0 Å². The second kappa shape index (κ2) is 4.27. The predicted molar refractivity (Wildman–Crippen MR) is 54.3 cm³/mol. The summed E-state index contributed by atoms with van der Waals surface area (Å²) in [5.74, 6) is 1.33. The van der Waals surface area contributed by atoms with Crippen LogP contribution in [0.4, 0.5) is 0 Å². The van der Waals surface area contributed by atoms with E-state index in [1.807, 2.05) is 0 Å². The first-order chi connectivity index (χ1) is 5.24. The van der Waals surface area contributed by atoms with E-state index in [1.165, 1.54) is 0 Å². The van der Waals surface area contributed by atoms with Crippen LogP contribution in [0.2, 0.25) is 0 Å². The van der Waals surface area contributed by atoms with Crippen molar-refractivity contribution in [1.29, 1.82) is 0 Å². The van der Waals surface area contributed by atoms with Gasteiger partial charge in [-0.25, -0.2) is 0 Å². The third-order valence-corrected chi connectivity index (χ3v) is 2.33. The van der Waals surface area contributed by atoms with Gasteiger partial charge in [0.25, 0.3) is 0 Å². The molecule has 0 aliphatic rings. The van der Waals surface area contributed by atoms with E-state index in [0.717, 1.165) is 0 Å². The molecule has 0 heterocycles. The second-order valence-electron chi connectivity index (χ2n) is 5.04. The Hall–Kier alpha value is -0.0400. The summed E-state index contributed by atoms with van der Waals surface area (Å²) in [6.45, 7) is 15.2. The van der Waals surface area contributed by atoms with E-state index in [0.29, 0.717) is 17.9 Å². The average molecular weight is 172 g/mol. The average Bonchev–Trinajstić information content (AvgIpc) is 1.82. The fourth-order valence-corrected chi connectivity index (χ4v) is 1.21. The van der Waals surface area contributed by atoms with Crippen molar-refractivity contribution in [3.63, 3.8) is 0 Å². The lowest BCUT2D eigenvalue weighted by molar-refractivity contribution is -0.0802. The molecule has 0 bridgehead atoms. The van der Waals surface area contributed by atoms with Crippen molar-refractivity contribution in [3.05, 3.63) is 0 Å². The van der Waals surface area contributed by atoms with Crippen molar-refractivity contribution >= 4 is 0 Å². The highest BCUT2D eigenvalue weighted by atomic mass is 16.5. The number of rotatable bonds is 3. The minimum atomic E-state index is -0.0113. The van der Waals surface area contributed by atoms with Gasteiger partial charge in [-0.3, -0.25) is 0 Å². The Labute approximate surface area is 77.5 Å². The van der Waals surface area contributed by atoms with E-state index in [1.54, 1.807) is 0 Å². The van der Waals surface area contributed by atoms with Gasteiger partial charge in [0.05, 0.1) is 11.7 Å². The van der Waals surface area contributed by atoms with Crippen LogP contribution in [0, 0.1) is 11.8 Å². The molecular weight excluding hydrogens is 148 g/mol. The van der Waals surface area contributed by atoms with Crippen LogP contribution < -0.4 is 0 Å². The van der Waals surface area contributed by atoms with Crippen LogP contribution in [-0.4, -0.2) is 11.7 Å². The summed E-state index contributed by atoms with van der Waals surface area (Å²) in [4.78, 5) is 0. The zero-order chi connectivity index (χ0) is 9.94. The van der Waals surface area contributed by atoms with Crippen molar-refractivity contribution in [1.82, 2.24) is 0 Å². The minimum Gasteiger partial charge on any atom is -0.373 e. The van der Waals surface area contributed by atoms with E-state index in [2.05, 4.69) is 48.5 Å². The van der Waals surface area contributed by atoms with Crippen molar-refractivity contribution < 1.29 is 4.74 Å². The second-order valence-corrected chi connectivity index (χ2v) is 5.04. The van der Waals surface area contributed by atoms with Gasteiger partial charge in [0.1, 0.15) is 0 Å². The molecule has 0 aromatic carbocycles. The summed E-state index contributed by atoms with van der Waals surface area (Å²) >= 11 is 0. The fraction of sp³-hybridized carbons (Fsp3) is 1.00. The topological polar surface area (TPSA) is 9.23 Å². The molecule has 0 aliphatic heterocycles. The van der Waals surface area contributed by atoms with Gasteiger partial charge in [-0.1, -0.05) is 20.8 Å². The van der Waals surface area contributed by atoms with Crippen LogP contribution in [-0.2, 0) is 4.74 Å². The Morgan fingerprint density at radius 1 is 0.917 bits per heavy atom. The quantitative estimate of drug-likeness (QED) is 0.633. The SMILES string of the molecule is CC(C)C(C)C(C)OC(C)(C)C. The maximum atomic E-state index is 5.86. The Morgan fingerprint density at radius 3 is 1.58 bits per heavy atom. The molecule has 1 nitrogen and oxygen atoms in total. The fourth-order valence-electron chi connectivity index (χ4n) is 1.21. The van der Waals surface area contributed by atoms with Gasteiger partial charge in [0, 0.05) is 0 Å². The molecule has 12 heavy (non-hydrogen) atoms. The zero-order valence-corrected chi connectivity index (χ0v) is 9.64. The van der Waals surface area contributed by atoms with Gasteiger partial charge in [0.2, 0.25) is 0 Å². The predicted octanol–water partition coefficient (Wildman–Crippen LogP) is 3.48.